The van der Waals surface area contributed by atoms with Crippen LogP contribution in [0.4, 0.5) is 0 Å². The lowest BCUT2D eigenvalue weighted by Gasteiger charge is -2.33. The molecule has 0 spiro atoms. The van der Waals surface area contributed by atoms with Crippen LogP contribution in [0.1, 0.15) is 26.2 Å². The van der Waals surface area contributed by atoms with Gasteiger partial charge in [0.25, 0.3) is 0 Å². The number of epoxide rings is 1. The van der Waals surface area contributed by atoms with Gasteiger partial charge >= 0.3 is 0 Å². The number of hydrogen-bond acceptors (Lipinski definition) is 2. The summed E-state index contributed by atoms with van der Waals surface area (Å²) in [5, 5.41) is 0. The minimum atomic E-state index is -1.18. The molecular formula is C11H20O2Si. The van der Waals surface area contributed by atoms with Gasteiger partial charge in [-0.2, -0.15) is 0 Å². The van der Waals surface area contributed by atoms with E-state index in [0.29, 0.717) is 11.3 Å². The molecular weight excluding hydrogens is 192 g/mol. The van der Waals surface area contributed by atoms with Gasteiger partial charge in [0.05, 0.1) is 0 Å². The van der Waals surface area contributed by atoms with Crippen LogP contribution >= 0.6 is 0 Å². The molecule has 0 N–H and O–H groups in total. The van der Waals surface area contributed by atoms with Gasteiger partial charge in [-0.1, -0.05) is 26.6 Å². The molecule has 0 radical (unpaired) electrons. The van der Waals surface area contributed by atoms with Crippen LogP contribution in [0.15, 0.2) is 0 Å². The number of hydrogen-bond donors (Lipinski definition) is 0. The maximum atomic E-state index is 11.8. The summed E-state index contributed by atoms with van der Waals surface area (Å²) in [5.41, 5.74) is 0.606. The Balaban J connectivity index is 2.14. The van der Waals surface area contributed by atoms with E-state index in [0.717, 1.165) is 19.3 Å². The third kappa shape index (κ3) is 1.46. The number of ketones is 1. The highest BCUT2D eigenvalue weighted by Gasteiger charge is 2.63. The minimum Gasteiger partial charge on any atom is -0.358 e. The Morgan fingerprint density at radius 3 is 2.64 bits per heavy atom. The Morgan fingerprint density at radius 1 is 1.50 bits per heavy atom. The minimum absolute atomic E-state index is 0.0275. The van der Waals surface area contributed by atoms with E-state index in [4.69, 9.17) is 4.74 Å². The first-order chi connectivity index (χ1) is 6.39. The molecule has 1 aliphatic carbocycles. The Kier molecular flexibility index (Phi) is 2.16. The van der Waals surface area contributed by atoms with E-state index in [1.807, 2.05) is 0 Å². The zero-order valence-corrected chi connectivity index (χ0v) is 10.6. The molecule has 1 saturated heterocycles. The maximum absolute atomic E-state index is 11.8. The lowest BCUT2D eigenvalue weighted by atomic mass is 9.86. The smallest absolute Gasteiger partial charge is 0.164 e. The third-order valence-electron chi connectivity index (χ3n) is 3.93. The maximum Gasteiger partial charge on any atom is 0.164 e. The third-order valence-corrected chi connectivity index (χ3v) is 6.79. The summed E-state index contributed by atoms with van der Waals surface area (Å²) in [6.07, 6.45) is 2.89. The van der Waals surface area contributed by atoms with Crippen LogP contribution in [0, 0.1) is 0 Å². The molecule has 2 rings (SSSR count). The summed E-state index contributed by atoms with van der Waals surface area (Å²) in [7, 11) is -1.18. The van der Waals surface area contributed by atoms with Gasteiger partial charge in [0.2, 0.25) is 0 Å². The first-order valence-electron chi connectivity index (χ1n) is 5.59. The highest BCUT2D eigenvalue weighted by molar-refractivity contribution is 6.77. The molecule has 14 heavy (non-hydrogen) atoms. The molecule has 3 heteroatoms. The van der Waals surface area contributed by atoms with E-state index >= 15 is 0 Å². The number of ether oxygens (including phenoxy) is 1. The van der Waals surface area contributed by atoms with E-state index in [1.165, 1.54) is 0 Å². The zero-order valence-electron chi connectivity index (χ0n) is 9.59. The van der Waals surface area contributed by atoms with Crippen LogP contribution < -0.4 is 0 Å². The van der Waals surface area contributed by atoms with Gasteiger partial charge in [-0.15, -0.1) is 0 Å². The molecule has 0 bridgehead atoms. The monoisotopic (exact) mass is 212 g/mol. The van der Waals surface area contributed by atoms with Crippen LogP contribution in [0.2, 0.25) is 25.2 Å². The lowest BCUT2D eigenvalue weighted by molar-refractivity contribution is -0.120. The fourth-order valence-corrected chi connectivity index (χ4v) is 4.35. The summed E-state index contributed by atoms with van der Waals surface area (Å²) in [6, 6.07) is 0. The fourth-order valence-electron chi connectivity index (χ4n) is 2.58. The summed E-state index contributed by atoms with van der Waals surface area (Å²) in [6.45, 7) is 9.21. The first-order valence-corrected chi connectivity index (χ1v) is 9.17. The van der Waals surface area contributed by atoms with E-state index in [1.54, 1.807) is 0 Å². The second-order valence-electron chi connectivity index (χ2n) is 5.85. The molecule has 2 nitrogen and oxygen atoms in total. The molecule has 0 aromatic rings. The van der Waals surface area contributed by atoms with Crippen molar-refractivity contribution in [2.75, 3.05) is 0 Å². The van der Waals surface area contributed by atoms with E-state index in [9.17, 15) is 4.79 Å². The molecule has 1 heterocycles. The van der Waals surface area contributed by atoms with Crippen molar-refractivity contribution in [3.63, 3.8) is 0 Å². The molecule has 3 atom stereocenters. The van der Waals surface area contributed by atoms with E-state index < -0.39 is 8.07 Å². The Morgan fingerprint density at radius 2 is 2.14 bits per heavy atom. The Bertz CT molecular complexity index is 269. The van der Waals surface area contributed by atoms with Crippen molar-refractivity contribution in [2.24, 2.45) is 0 Å². The van der Waals surface area contributed by atoms with Gasteiger partial charge in [0.1, 0.15) is 11.7 Å². The topological polar surface area (TPSA) is 29.6 Å². The first kappa shape index (κ1) is 10.4. The van der Waals surface area contributed by atoms with Gasteiger partial charge in [-0.05, 0) is 18.4 Å². The Labute approximate surface area is 87.0 Å². The molecule has 2 fully saturated rings. The number of fused-ring (bicyclic) bond motifs is 1. The summed E-state index contributed by atoms with van der Waals surface area (Å²) < 4.78 is 5.62. The second kappa shape index (κ2) is 2.92. The van der Waals surface area contributed by atoms with Gasteiger partial charge in [-0.3, -0.25) is 4.79 Å². The normalized spacial score (nSPS) is 42.1. The number of carbonyl (C=O) groups is 1. The van der Waals surface area contributed by atoms with Crippen LogP contribution in [-0.2, 0) is 9.53 Å². The summed E-state index contributed by atoms with van der Waals surface area (Å²) in [4.78, 5) is 11.8. The van der Waals surface area contributed by atoms with Gasteiger partial charge in [0, 0.05) is 14.5 Å². The van der Waals surface area contributed by atoms with Gasteiger partial charge < -0.3 is 4.74 Å². The van der Waals surface area contributed by atoms with Crippen LogP contribution in [0.3, 0.4) is 0 Å². The number of Topliss-reactive ketones (excluding diaryl/α,β-unsaturated/α-hetero) is 1. The van der Waals surface area contributed by atoms with Gasteiger partial charge in [-0.25, -0.2) is 0 Å². The van der Waals surface area contributed by atoms with Crippen LogP contribution in [-0.4, -0.2) is 25.6 Å². The largest absolute Gasteiger partial charge is 0.358 e. The van der Waals surface area contributed by atoms with Crippen molar-refractivity contribution < 1.29 is 9.53 Å². The summed E-state index contributed by atoms with van der Waals surface area (Å²) in [5.74, 6) is 0.366. The zero-order chi connectivity index (χ0) is 10.6. The fraction of sp³-hybridized carbons (Fsp3) is 0.909. The van der Waals surface area contributed by atoms with Crippen LogP contribution in [0.25, 0.3) is 0 Å². The average Bonchev–Trinajstić information content (AvgIpc) is 2.78. The van der Waals surface area contributed by atoms with Crippen molar-refractivity contribution in [1.82, 2.24) is 0 Å². The van der Waals surface area contributed by atoms with Crippen molar-refractivity contribution in [1.29, 1.82) is 0 Å². The molecule has 0 amide bonds. The molecule has 0 aromatic heterocycles. The summed E-state index contributed by atoms with van der Waals surface area (Å²) >= 11 is 0. The highest BCUT2D eigenvalue weighted by Crippen LogP contribution is 2.54. The van der Waals surface area contributed by atoms with Gasteiger partial charge in [0.15, 0.2) is 5.78 Å². The molecule has 1 saturated carbocycles. The predicted molar refractivity (Wildman–Crippen MR) is 59.2 cm³/mol. The predicted octanol–water partition coefficient (Wildman–Crippen LogP) is 2.61. The van der Waals surface area contributed by atoms with Crippen molar-refractivity contribution in [2.45, 2.75) is 63.1 Å². The average molecular weight is 212 g/mol. The van der Waals surface area contributed by atoms with Crippen molar-refractivity contribution >= 4 is 13.9 Å². The standard InChI is InChI=1S/C11H20O2Si/c1-5-11-7-8(14(2,3)4)6-9(12)10(11)13-11/h8,10H,5-7H2,1-4H3/t8-,10-,11+/m1/s1. The van der Waals surface area contributed by atoms with E-state index in [2.05, 4.69) is 26.6 Å². The molecule has 1 aliphatic heterocycles. The highest BCUT2D eigenvalue weighted by atomic mass is 28.3. The second-order valence-corrected chi connectivity index (χ2v) is 11.4. The quantitative estimate of drug-likeness (QED) is 0.520. The molecule has 0 aromatic carbocycles. The molecule has 0 unspecified atom stereocenters. The molecule has 80 valence electrons. The Hall–Kier alpha value is -0.153. The van der Waals surface area contributed by atoms with Crippen molar-refractivity contribution in [3.05, 3.63) is 0 Å². The van der Waals surface area contributed by atoms with Crippen LogP contribution in [0.5, 0.6) is 0 Å². The SMILES string of the molecule is CC[C@]12C[C@H]([Si](C)(C)C)CC(=O)[C@H]1O2. The van der Waals surface area contributed by atoms with E-state index in [-0.39, 0.29) is 11.7 Å². The van der Waals surface area contributed by atoms with Crippen molar-refractivity contribution in [3.8, 4) is 0 Å². The lowest BCUT2D eigenvalue weighted by Crippen LogP contribution is -2.39. The number of rotatable bonds is 2. The molecule has 2 aliphatic rings. The number of carbonyl (C=O) groups excluding carboxylic acids is 1.